The van der Waals surface area contributed by atoms with E-state index >= 15 is 0 Å². The van der Waals surface area contributed by atoms with Crippen LogP contribution in [-0.2, 0) is 4.79 Å². The zero-order valence-corrected chi connectivity index (χ0v) is 21.5. The SMILES string of the molecule is CC1(C)CCC2(C(=O)O)CCC3C(=CCC4C3(C)CCC3C(C)(CO)C(O)CCC34C)C2C1. The van der Waals surface area contributed by atoms with Crippen molar-refractivity contribution < 1.29 is 20.1 Å². The van der Waals surface area contributed by atoms with Gasteiger partial charge in [0.15, 0.2) is 0 Å². The number of allylic oxidation sites excluding steroid dienone is 2. The summed E-state index contributed by atoms with van der Waals surface area (Å²) in [5.74, 6) is 0.960. The summed E-state index contributed by atoms with van der Waals surface area (Å²) in [6.07, 6.45) is 11.7. The van der Waals surface area contributed by atoms with E-state index < -0.39 is 22.9 Å². The van der Waals surface area contributed by atoms with E-state index in [1.165, 1.54) is 5.57 Å². The van der Waals surface area contributed by atoms with E-state index in [1.807, 2.05) is 0 Å². The number of aliphatic carboxylic acids is 1. The third-order valence-corrected chi connectivity index (χ3v) is 12.4. The molecule has 4 saturated carbocycles. The molecule has 5 aliphatic rings. The molecular formula is C29H46O4. The van der Waals surface area contributed by atoms with Crippen LogP contribution < -0.4 is 0 Å². The molecule has 4 fully saturated rings. The fourth-order valence-electron chi connectivity index (χ4n) is 10.3. The summed E-state index contributed by atoms with van der Waals surface area (Å²) in [5.41, 5.74) is 0.997. The lowest BCUT2D eigenvalue weighted by molar-refractivity contribution is -0.202. The van der Waals surface area contributed by atoms with Crippen LogP contribution in [0.2, 0.25) is 0 Å². The van der Waals surface area contributed by atoms with Crippen molar-refractivity contribution in [2.75, 3.05) is 6.61 Å². The van der Waals surface area contributed by atoms with Gasteiger partial charge in [-0.15, -0.1) is 0 Å². The normalized spacial score (nSPS) is 53.1. The Morgan fingerprint density at radius 2 is 1.61 bits per heavy atom. The molecule has 0 aromatic rings. The topological polar surface area (TPSA) is 77.8 Å². The number of carbonyl (C=O) groups is 1. The van der Waals surface area contributed by atoms with Gasteiger partial charge in [0, 0.05) is 5.41 Å². The Morgan fingerprint density at radius 3 is 2.27 bits per heavy atom. The average Bonchev–Trinajstić information content (AvgIpc) is 2.75. The second-order valence-electron chi connectivity index (χ2n) is 14.3. The third kappa shape index (κ3) is 3.05. The van der Waals surface area contributed by atoms with Gasteiger partial charge in [0.05, 0.1) is 18.1 Å². The van der Waals surface area contributed by atoms with Crippen molar-refractivity contribution in [2.45, 2.75) is 105 Å². The number of rotatable bonds is 2. The van der Waals surface area contributed by atoms with E-state index in [4.69, 9.17) is 0 Å². The van der Waals surface area contributed by atoms with E-state index in [0.29, 0.717) is 17.8 Å². The van der Waals surface area contributed by atoms with Gasteiger partial charge in [-0.05, 0) is 104 Å². The minimum absolute atomic E-state index is 0.0562. The van der Waals surface area contributed by atoms with E-state index in [0.717, 1.165) is 64.2 Å². The Labute approximate surface area is 200 Å². The molecule has 0 amide bonds. The molecule has 0 aliphatic heterocycles. The highest BCUT2D eigenvalue weighted by Crippen LogP contribution is 2.72. The van der Waals surface area contributed by atoms with Gasteiger partial charge in [0.1, 0.15) is 0 Å². The van der Waals surface area contributed by atoms with Gasteiger partial charge in [-0.25, -0.2) is 0 Å². The number of hydrogen-bond acceptors (Lipinski definition) is 3. The number of aliphatic hydroxyl groups excluding tert-OH is 2. The summed E-state index contributed by atoms with van der Waals surface area (Å²) in [7, 11) is 0. The van der Waals surface area contributed by atoms with E-state index in [2.05, 4.69) is 40.7 Å². The third-order valence-electron chi connectivity index (χ3n) is 12.4. The molecule has 0 aromatic carbocycles. The van der Waals surface area contributed by atoms with Crippen LogP contribution in [0, 0.1) is 50.7 Å². The molecule has 4 nitrogen and oxygen atoms in total. The Balaban J connectivity index is 1.55. The maximum absolute atomic E-state index is 12.7. The van der Waals surface area contributed by atoms with Gasteiger partial charge in [0.25, 0.3) is 0 Å². The van der Waals surface area contributed by atoms with Crippen molar-refractivity contribution in [3.8, 4) is 0 Å². The monoisotopic (exact) mass is 458 g/mol. The molecule has 5 rings (SSSR count). The maximum atomic E-state index is 12.7. The molecule has 5 aliphatic carbocycles. The largest absolute Gasteiger partial charge is 0.481 e. The lowest BCUT2D eigenvalue weighted by Gasteiger charge is -2.68. The highest BCUT2D eigenvalue weighted by atomic mass is 16.4. The van der Waals surface area contributed by atoms with E-state index in [9.17, 15) is 20.1 Å². The van der Waals surface area contributed by atoms with Crippen LogP contribution in [-0.4, -0.2) is 34.0 Å². The molecule has 0 spiro atoms. The summed E-state index contributed by atoms with van der Waals surface area (Å²) in [5, 5.41) is 31.6. The summed E-state index contributed by atoms with van der Waals surface area (Å²) >= 11 is 0. The smallest absolute Gasteiger partial charge is 0.310 e. The van der Waals surface area contributed by atoms with Gasteiger partial charge < -0.3 is 15.3 Å². The van der Waals surface area contributed by atoms with Crippen LogP contribution in [0.25, 0.3) is 0 Å². The molecule has 0 heterocycles. The Bertz CT molecular complexity index is 862. The average molecular weight is 459 g/mol. The molecule has 0 radical (unpaired) electrons. The molecule has 0 saturated heterocycles. The van der Waals surface area contributed by atoms with Crippen LogP contribution >= 0.6 is 0 Å². The fourth-order valence-corrected chi connectivity index (χ4v) is 10.3. The number of carboxylic acid groups (broad SMARTS) is 1. The first-order chi connectivity index (χ1) is 15.3. The molecule has 3 N–H and O–H groups in total. The lowest BCUT2D eigenvalue weighted by atomic mass is 9.37. The molecule has 4 heteroatoms. The van der Waals surface area contributed by atoms with Crippen LogP contribution in [0.3, 0.4) is 0 Å². The number of carboxylic acids is 1. The number of hydrogen-bond donors (Lipinski definition) is 3. The fraction of sp³-hybridized carbons (Fsp3) is 0.897. The number of fused-ring (bicyclic) bond motifs is 7. The predicted octanol–water partition coefficient (Wildman–Crippen LogP) is 5.82. The highest BCUT2D eigenvalue weighted by molar-refractivity contribution is 5.76. The molecular weight excluding hydrogens is 412 g/mol. The Kier molecular flexibility index (Phi) is 5.29. The van der Waals surface area contributed by atoms with Crippen LogP contribution in [0.5, 0.6) is 0 Å². The van der Waals surface area contributed by atoms with Crippen molar-refractivity contribution in [1.82, 2.24) is 0 Å². The first kappa shape index (κ1) is 23.9. The Hall–Kier alpha value is -0.870. The maximum Gasteiger partial charge on any atom is 0.310 e. The quantitative estimate of drug-likeness (QED) is 0.456. The second kappa shape index (κ2) is 7.32. The summed E-state index contributed by atoms with van der Waals surface area (Å²) in [4.78, 5) is 12.7. The molecule has 0 bridgehead atoms. The second-order valence-corrected chi connectivity index (χ2v) is 14.3. The lowest BCUT2D eigenvalue weighted by Crippen LogP contribution is -2.63. The van der Waals surface area contributed by atoms with Gasteiger partial charge in [-0.1, -0.05) is 46.3 Å². The van der Waals surface area contributed by atoms with Gasteiger partial charge >= 0.3 is 5.97 Å². The first-order valence-electron chi connectivity index (χ1n) is 13.6. The molecule has 9 atom stereocenters. The van der Waals surface area contributed by atoms with Gasteiger partial charge in [-0.3, -0.25) is 4.79 Å². The molecule has 0 aromatic heterocycles. The van der Waals surface area contributed by atoms with Crippen molar-refractivity contribution >= 4 is 5.97 Å². The van der Waals surface area contributed by atoms with E-state index in [-0.39, 0.29) is 28.8 Å². The summed E-state index contributed by atoms with van der Waals surface area (Å²) in [6, 6.07) is 0. The summed E-state index contributed by atoms with van der Waals surface area (Å²) < 4.78 is 0. The Morgan fingerprint density at radius 1 is 0.909 bits per heavy atom. The number of aliphatic hydroxyl groups is 2. The van der Waals surface area contributed by atoms with Crippen LogP contribution in [0.1, 0.15) is 98.8 Å². The van der Waals surface area contributed by atoms with Crippen molar-refractivity contribution in [3.05, 3.63) is 11.6 Å². The standard InChI is InChI=1S/C29H46O4/c1-25(2)14-15-29(24(32)33)13-8-19-18(20(29)16-25)6-7-21-26(19,3)11-9-22-27(21,4)12-10-23(31)28(22,5)17-30/h6,19-23,30-31H,7-17H2,1-5H3,(H,32,33). The minimum Gasteiger partial charge on any atom is -0.481 e. The minimum atomic E-state index is -0.565. The first-order valence-corrected chi connectivity index (χ1v) is 13.6. The highest BCUT2D eigenvalue weighted by Gasteiger charge is 2.66. The molecule has 33 heavy (non-hydrogen) atoms. The van der Waals surface area contributed by atoms with E-state index in [1.54, 1.807) is 0 Å². The zero-order valence-electron chi connectivity index (χ0n) is 21.5. The van der Waals surface area contributed by atoms with Crippen LogP contribution in [0.4, 0.5) is 0 Å². The van der Waals surface area contributed by atoms with Gasteiger partial charge in [0.2, 0.25) is 0 Å². The van der Waals surface area contributed by atoms with Crippen molar-refractivity contribution in [3.63, 3.8) is 0 Å². The van der Waals surface area contributed by atoms with Crippen molar-refractivity contribution in [1.29, 1.82) is 0 Å². The van der Waals surface area contributed by atoms with Crippen molar-refractivity contribution in [2.24, 2.45) is 50.7 Å². The van der Waals surface area contributed by atoms with Crippen LogP contribution in [0.15, 0.2) is 11.6 Å². The molecule has 186 valence electrons. The predicted molar refractivity (Wildman–Crippen MR) is 129 cm³/mol. The van der Waals surface area contributed by atoms with Gasteiger partial charge in [-0.2, -0.15) is 0 Å². The summed E-state index contributed by atoms with van der Waals surface area (Å²) in [6.45, 7) is 11.8. The zero-order chi connectivity index (χ0) is 24.0. The molecule has 9 unspecified atom stereocenters.